The third-order valence-corrected chi connectivity index (χ3v) is 3.38. The number of fused-ring (bicyclic) bond motifs is 1. The van der Waals surface area contributed by atoms with Gasteiger partial charge < -0.3 is 10.3 Å². The van der Waals surface area contributed by atoms with Gasteiger partial charge in [-0.05, 0) is 36.4 Å². The largest absolute Gasteiger partial charge is 0.326 e. The summed E-state index contributed by atoms with van der Waals surface area (Å²) in [4.78, 5) is 30.9. The van der Waals surface area contributed by atoms with Gasteiger partial charge in [0.2, 0.25) is 5.91 Å². The number of rotatable bonds is 3. The van der Waals surface area contributed by atoms with Crippen molar-refractivity contribution in [1.82, 2.24) is 9.97 Å². The average molecular weight is 314 g/mol. The topological polar surface area (TPSA) is 74.8 Å². The lowest BCUT2D eigenvalue weighted by Gasteiger charge is -2.05. The first kappa shape index (κ1) is 14.3. The molecule has 0 unspecified atom stereocenters. The molecule has 0 atom stereocenters. The van der Waals surface area contributed by atoms with Crippen LogP contribution in [-0.2, 0) is 11.2 Å². The fourth-order valence-corrected chi connectivity index (χ4v) is 2.20. The van der Waals surface area contributed by atoms with Crippen LogP contribution in [0.3, 0.4) is 0 Å². The quantitative estimate of drug-likeness (QED) is 0.780. The molecule has 1 amide bonds. The Labute approximate surface area is 131 Å². The zero-order chi connectivity index (χ0) is 15.5. The van der Waals surface area contributed by atoms with Crippen molar-refractivity contribution in [2.45, 2.75) is 6.42 Å². The summed E-state index contributed by atoms with van der Waals surface area (Å²) in [7, 11) is 0. The lowest BCUT2D eigenvalue weighted by molar-refractivity contribution is -0.115. The number of halogens is 1. The van der Waals surface area contributed by atoms with Gasteiger partial charge in [0.25, 0.3) is 5.56 Å². The number of hydrogen-bond acceptors (Lipinski definition) is 3. The molecule has 0 aliphatic carbocycles. The first-order valence-electron chi connectivity index (χ1n) is 6.65. The van der Waals surface area contributed by atoms with Gasteiger partial charge in [-0.3, -0.25) is 9.59 Å². The summed E-state index contributed by atoms with van der Waals surface area (Å²) in [5.74, 6) is -0.310. The van der Waals surface area contributed by atoms with E-state index in [4.69, 9.17) is 11.6 Å². The zero-order valence-electron chi connectivity index (χ0n) is 11.5. The van der Waals surface area contributed by atoms with Crippen LogP contribution >= 0.6 is 11.6 Å². The van der Waals surface area contributed by atoms with E-state index in [1.54, 1.807) is 36.4 Å². The van der Waals surface area contributed by atoms with E-state index in [2.05, 4.69) is 15.3 Å². The molecule has 0 saturated carbocycles. The van der Waals surface area contributed by atoms with Crippen LogP contribution in [0.5, 0.6) is 0 Å². The molecule has 22 heavy (non-hydrogen) atoms. The molecule has 0 aliphatic rings. The monoisotopic (exact) mass is 313 g/mol. The molecule has 110 valence electrons. The summed E-state index contributed by atoms with van der Waals surface area (Å²) in [6.07, 6.45) is -0.0945. The van der Waals surface area contributed by atoms with Crippen LogP contribution in [0.1, 0.15) is 5.69 Å². The predicted molar refractivity (Wildman–Crippen MR) is 86.1 cm³/mol. The number of aromatic amines is 1. The van der Waals surface area contributed by atoms with Crippen molar-refractivity contribution >= 4 is 34.2 Å². The van der Waals surface area contributed by atoms with Gasteiger partial charge in [-0.1, -0.05) is 23.7 Å². The first-order valence-corrected chi connectivity index (χ1v) is 7.03. The van der Waals surface area contributed by atoms with E-state index in [1.807, 2.05) is 12.1 Å². The van der Waals surface area contributed by atoms with E-state index in [9.17, 15) is 9.59 Å². The van der Waals surface area contributed by atoms with Gasteiger partial charge in [-0.25, -0.2) is 4.98 Å². The SMILES string of the molecule is O=C(Cc1nc2ccccc2[nH]c1=O)Nc1ccc(Cl)cc1. The van der Waals surface area contributed by atoms with Crippen molar-refractivity contribution in [1.29, 1.82) is 0 Å². The maximum Gasteiger partial charge on any atom is 0.270 e. The standard InChI is InChI=1S/C16H12ClN3O2/c17-10-5-7-11(8-6-10)18-15(21)9-14-16(22)20-13-4-2-1-3-12(13)19-14/h1-8H,9H2,(H,18,21)(H,20,22). The van der Waals surface area contributed by atoms with Crippen LogP contribution in [0.2, 0.25) is 5.02 Å². The maximum absolute atomic E-state index is 12.0. The maximum atomic E-state index is 12.0. The number of hydrogen-bond donors (Lipinski definition) is 2. The normalized spacial score (nSPS) is 10.6. The molecule has 0 radical (unpaired) electrons. The minimum Gasteiger partial charge on any atom is -0.326 e. The Kier molecular flexibility index (Phi) is 3.89. The molecule has 0 spiro atoms. The van der Waals surface area contributed by atoms with Crippen molar-refractivity contribution in [2.75, 3.05) is 5.32 Å². The molecule has 6 heteroatoms. The molecule has 0 fully saturated rings. The third kappa shape index (κ3) is 3.15. The van der Waals surface area contributed by atoms with Crippen LogP contribution < -0.4 is 10.9 Å². The van der Waals surface area contributed by atoms with Crippen LogP contribution in [0.15, 0.2) is 53.3 Å². The van der Waals surface area contributed by atoms with Crippen LogP contribution in [0.25, 0.3) is 11.0 Å². The number of benzene rings is 2. The molecular weight excluding hydrogens is 302 g/mol. The van der Waals surface area contributed by atoms with Crippen LogP contribution in [0, 0.1) is 0 Å². The molecular formula is C16H12ClN3O2. The lowest BCUT2D eigenvalue weighted by Crippen LogP contribution is -2.22. The second kappa shape index (κ2) is 5.99. The minimum absolute atomic E-state index is 0.0945. The van der Waals surface area contributed by atoms with E-state index >= 15 is 0 Å². The van der Waals surface area contributed by atoms with Gasteiger partial charge in [-0.15, -0.1) is 0 Å². The molecule has 2 aromatic carbocycles. The van der Waals surface area contributed by atoms with E-state index in [1.165, 1.54) is 0 Å². The van der Waals surface area contributed by atoms with E-state index in [-0.39, 0.29) is 23.6 Å². The Bertz CT molecular complexity index is 888. The molecule has 3 rings (SSSR count). The molecule has 1 aromatic heterocycles. The number of amides is 1. The second-order valence-electron chi connectivity index (χ2n) is 4.76. The second-order valence-corrected chi connectivity index (χ2v) is 5.20. The van der Waals surface area contributed by atoms with Gasteiger partial charge in [-0.2, -0.15) is 0 Å². The first-order chi connectivity index (χ1) is 10.6. The fraction of sp³-hybridized carbons (Fsp3) is 0.0625. The number of carbonyl (C=O) groups excluding carboxylic acids is 1. The van der Waals surface area contributed by atoms with Crippen LogP contribution in [0.4, 0.5) is 5.69 Å². The highest BCUT2D eigenvalue weighted by Crippen LogP contribution is 2.13. The highest BCUT2D eigenvalue weighted by atomic mass is 35.5. The van der Waals surface area contributed by atoms with Gasteiger partial charge in [0, 0.05) is 10.7 Å². The Hall–Kier alpha value is -2.66. The van der Waals surface area contributed by atoms with Crippen molar-refractivity contribution in [3.63, 3.8) is 0 Å². The zero-order valence-corrected chi connectivity index (χ0v) is 12.2. The number of para-hydroxylation sites is 2. The van der Waals surface area contributed by atoms with E-state index in [0.29, 0.717) is 21.7 Å². The highest BCUT2D eigenvalue weighted by Gasteiger charge is 2.10. The smallest absolute Gasteiger partial charge is 0.270 e. The Balaban J connectivity index is 1.80. The summed E-state index contributed by atoms with van der Waals surface area (Å²) in [5, 5.41) is 3.29. The third-order valence-electron chi connectivity index (χ3n) is 3.13. The van der Waals surface area contributed by atoms with Crippen molar-refractivity contribution in [3.05, 3.63) is 69.6 Å². The summed E-state index contributed by atoms with van der Waals surface area (Å²) < 4.78 is 0. The van der Waals surface area contributed by atoms with Crippen molar-refractivity contribution in [3.8, 4) is 0 Å². The Morgan fingerprint density at radius 2 is 1.86 bits per heavy atom. The average Bonchev–Trinajstić information content (AvgIpc) is 2.50. The Morgan fingerprint density at radius 1 is 1.14 bits per heavy atom. The number of H-pyrrole nitrogens is 1. The summed E-state index contributed by atoms with van der Waals surface area (Å²) >= 11 is 5.79. The number of aromatic nitrogens is 2. The van der Waals surface area contributed by atoms with E-state index < -0.39 is 0 Å². The van der Waals surface area contributed by atoms with E-state index in [0.717, 1.165) is 0 Å². The molecule has 0 saturated heterocycles. The summed E-state index contributed by atoms with van der Waals surface area (Å²) in [6.45, 7) is 0. The van der Waals surface area contributed by atoms with Gasteiger partial charge >= 0.3 is 0 Å². The number of anilines is 1. The lowest BCUT2D eigenvalue weighted by atomic mass is 10.2. The van der Waals surface area contributed by atoms with Crippen molar-refractivity contribution < 1.29 is 4.79 Å². The Morgan fingerprint density at radius 3 is 2.64 bits per heavy atom. The summed E-state index contributed by atoms with van der Waals surface area (Å²) in [5.41, 5.74) is 1.74. The predicted octanol–water partition coefficient (Wildman–Crippen LogP) is 2.76. The molecule has 3 aromatic rings. The molecule has 2 N–H and O–H groups in total. The number of nitrogens with zero attached hydrogens (tertiary/aromatic N) is 1. The van der Waals surface area contributed by atoms with Crippen molar-refractivity contribution in [2.24, 2.45) is 0 Å². The highest BCUT2D eigenvalue weighted by molar-refractivity contribution is 6.30. The molecule has 5 nitrogen and oxygen atoms in total. The fourth-order valence-electron chi connectivity index (χ4n) is 2.08. The number of carbonyl (C=O) groups is 1. The summed E-state index contributed by atoms with van der Waals surface area (Å²) in [6, 6.07) is 13.9. The molecule has 0 bridgehead atoms. The van der Waals surface area contributed by atoms with Gasteiger partial charge in [0.1, 0.15) is 5.69 Å². The number of nitrogens with one attached hydrogen (secondary N) is 2. The van der Waals surface area contributed by atoms with Gasteiger partial charge in [0.15, 0.2) is 0 Å². The molecule has 1 heterocycles. The minimum atomic E-state index is -0.357. The van der Waals surface area contributed by atoms with Gasteiger partial charge in [0.05, 0.1) is 17.5 Å². The van der Waals surface area contributed by atoms with Crippen LogP contribution in [-0.4, -0.2) is 15.9 Å². The molecule has 0 aliphatic heterocycles.